The Morgan fingerprint density at radius 2 is 2.00 bits per heavy atom. The lowest BCUT2D eigenvalue weighted by molar-refractivity contribution is -0.134. The molecule has 0 spiro atoms. The molecule has 9 heteroatoms. The molecule has 2 N–H and O–H groups in total. The number of nitrogens with zero attached hydrogens (tertiary/aromatic N) is 3. The number of ether oxygens (including phenoxy) is 1. The van der Waals surface area contributed by atoms with Crippen molar-refractivity contribution in [3.05, 3.63) is 46.6 Å². The second kappa shape index (κ2) is 9.75. The predicted octanol–water partition coefficient (Wildman–Crippen LogP) is 2.58. The molecule has 2 aromatic rings. The summed E-state index contributed by atoms with van der Waals surface area (Å²) in [5.74, 6) is 0.397. The Balaban J connectivity index is 1.51. The summed E-state index contributed by atoms with van der Waals surface area (Å²) in [5.41, 5.74) is 7.06. The van der Waals surface area contributed by atoms with Crippen LogP contribution in [0.25, 0.3) is 0 Å². The maximum atomic E-state index is 12.6. The van der Waals surface area contributed by atoms with Gasteiger partial charge in [-0.25, -0.2) is 0 Å². The van der Waals surface area contributed by atoms with Gasteiger partial charge in [-0.1, -0.05) is 23.7 Å². The van der Waals surface area contributed by atoms with E-state index >= 15 is 0 Å². The van der Waals surface area contributed by atoms with E-state index in [1.165, 1.54) is 0 Å². The van der Waals surface area contributed by atoms with Gasteiger partial charge in [-0.15, -0.1) is 10.2 Å². The molecule has 1 aromatic carbocycles. The first-order chi connectivity index (χ1) is 14.3. The molecular formula is C21H26ClN5O3. The Morgan fingerprint density at radius 1 is 1.20 bits per heavy atom. The van der Waals surface area contributed by atoms with Gasteiger partial charge in [-0.2, -0.15) is 0 Å². The molecule has 1 aliphatic heterocycles. The second-order valence-electron chi connectivity index (χ2n) is 7.44. The van der Waals surface area contributed by atoms with E-state index in [2.05, 4.69) is 21.0 Å². The molecular weight excluding hydrogens is 406 g/mol. The van der Waals surface area contributed by atoms with Crippen molar-refractivity contribution in [2.24, 2.45) is 5.92 Å². The normalized spacial score (nSPS) is 17.2. The number of hydrogen-bond acceptors (Lipinski definition) is 6. The maximum absolute atomic E-state index is 12.6. The Morgan fingerprint density at radius 3 is 2.73 bits per heavy atom. The summed E-state index contributed by atoms with van der Waals surface area (Å²) in [7, 11) is 0. The minimum atomic E-state index is -0.752. The molecule has 0 aliphatic carbocycles. The highest BCUT2D eigenvalue weighted by molar-refractivity contribution is 6.29. The average Bonchev–Trinajstić information content (AvgIpc) is 2.75. The van der Waals surface area contributed by atoms with Gasteiger partial charge >= 0.3 is 0 Å². The van der Waals surface area contributed by atoms with Crippen molar-refractivity contribution >= 4 is 29.2 Å². The highest BCUT2D eigenvalue weighted by Crippen LogP contribution is 2.23. The average molecular weight is 432 g/mol. The summed E-state index contributed by atoms with van der Waals surface area (Å²) < 4.78 is 5.75. The van der Waals surface area contributed by atoms with Gasteiger partial charge in [0.25, 0.3) is 5.91 Å². The number of halogens is 1. The molecule has 0 radical (unpaired) electrons. The van der Waals surface area contributed by atoms with Gasteiger partial charge in [0, 0.05) is 13.1 Å². The lowest BCUT2D eigenvalue weighted by atomic mass is 9.97. The standard InChI is InChI=1S/C21H26ClN5O3/c1-13-6-4-8-17(14(13)2)30-15(3)20(28)25-26-21(29)16-7-5-11-27(12-16)19-10-9-18(22)23-24-19/h4,6,8-10,15-16H,5,7,11-12H2,1-3H3,(H,25,28)(H,26,29)/t15-,16-/m0/s1. The number of aromatic nitrogens is 2. The van der Waals surface area contributed by atoms with Gasteiger partial charge in [0.1, 0.15) is 5.75 Å². The molecule has 1 fully saturated rings. The first-order valence-electron chi connectivity index (χ1n) is 9.92. The van der Waals surface area contributed by atoms with Gasteiger partial charge in [-0.05, 0) is 62.9 Å². The molecule has 0 bridgehead atoms. The third-order valence-corrected chi connectivity index (χ3v) is 5.47. The van der Waals surface area contributed by atoms with Crippen molar-refractivity contribution in [1.82, 2.24) is 21.0 Å². The van der Waals surface area contributed by atoms with Gasteiger partial charge in [0.2, 0.25) is 5.91 Å². The Labute approximate surface area is 180 Å². The zero-order valence-corrected chi connectivity index (χ0v) is 18.1. The number of hydrogen-bond donors (Lipinski definition) is 2. The van der Waals surface area contributed by atoms with Gasteiger partial charge in [0.15, 0.2) is 17.1 Å². The highest BCUT2D eigenvalue weighted by atomic mass is 35.5. The van der Waals surface area contributed by atoms with E-state index in [0.29, 0.717) is 23.3 Å². The molecule has 8 nitrogen and oxygen atoms in total. The van der Waals surface area contributed by atoms with E-state index in [0.717, 1.165) is 30.5 Å². The van der Waals surface area contributed by atoms with Crippen molar-refractivity contribution in [2.75, 3.05) is 18.0 Å². The highest BCUT2D eigenvalue weighted by Gasteiger charge is 2.27. The molecule has 3 rings (SSSR count). The molecule has 1 saturated heterocycles. The SMILES string of the molecule is Cc1cccc(O[C@@H](C)C(=O)NNC(=O)[C@H]2CCCN(c3ccc(Cl)nn3)C2)c1C. The van der Waals surface area contributed by atoms with Crippen LogP contribution in [0.3, 0.4) is 0 Å². The number of piperidine rings is 1. The predicted molar refractivity (Wildman–Crippen MR) is 114 cm³/mol. The van der Waals surface area contributed by atoms with Crippen LogP contribution < -0.4 is 20.5 Å². The van der Waals surface area contributed by atoms with Gasteiger partial charge in [-0.3, -0.25) is 20.4 Å². The van der Waals surface area contributed by atoms with Crippen LogP contribution in [0, 0.1) is 19.8 Å². The summed E-state index contributed by atoms with van der Waals surface area (Å²) in [6.45, 7) is 6.84. The molecule has 1 aliphatic rings. The first-order valence-corrected chi connectivity index (χ1v) is 10.3. The van der Waals surface area contributed by atoms with Crippen molar-refractivity contribution in [3.8, 4) is 5.75 Å². The molecule has 2 amide bonds. The number of aryl methyl sites for hydroxylation is 1. The summed E-state index contributed by atoms with van der Waals surface area (Å²) in [6.07, 6.45) is 0.814. The fourth-order valence-electron chi connectivity index (χ4n) is 3.30. The van der Waals surface area contributed by atoms with Gasteiger partial charge < -0.3 is 9.64 Å². The summed E-state index contributed by atoms with van der Waals surface area (Å²) >= 11 is 5.79. The second-order valence-corrected chi connectivity index (χ2v) is 7.82. The fourth-order valence-corrected chi connectivity index (χ4v) is 3.40. The van der Waals surface area contributed by atoms with E-state index in [-0.39, 0.29) is 11.8 Å². The molecule has 2 heterocycles. The lowest BCUT2D eigenvalue weighted by Crippen LogP contribution is -2.51. The third kappa shape index (κ3) is 5.38. The van der Waals surface area contributed by atoms with Crippen LogP contribution in [-0.4, -0.2) is 41.2 Å². The van der Waals surface area contributed by atoms with Crippen LogP contribution >= 0.6 is 11.6 Å². The minimum absolute atomic E-state index is 0.242. The van der Waals surface area contributed by atoms with Crippen LogP contribution in [0.4, 0.5) is 5.82 Å². The molecule has 0 saturated carbocycles. The van der Waals surface area contributed by atoms with Crippen molar-refractivity contribution < 1.29 is 14.3 Å². The van der Waals surface area contributed by atoms with Crippen molar-refractivity contribution in [2.45, 2.75) is 39.7 Å². The number of hydrazine groups is 1. The van der Waals surface area contributed by atoms with E-state index in [4.69, 9.17) is 16.3 Å². The van der Waals surface area contributed by atoms with Crippen LogP contribution in [0.1, 0.15) is 30.9 Å². The molecule has 160 valence electrons. The lowest BCUT2D eigenvalue weighted by Gasteiger charge is -2.32. The van der Waals surface area contributed by atoms with Crippen molar-refractivity contribution in [3.63, 3.8) is 0 Å². The monoisotopic (exact) mass is 431 g/mol. The molecule has 1 aromatic heterocycles. The summed E-state index contributed by atoms with van der Waals surface area (Å²) in [5, 5.41) is 8.25. The zero-order chi connectivity index (χ0) is 21.7. The van der Waals surface area contributed by atoms with E-state index < -0.39 is 12.0 Å². The number of nitrogens with one attached hydrogen (secondary N) is 2. The largest absolute Gasteiger partial charge is 0.481 e. The topological polar surface area (TPSA) is 96.5 Å². The van der Waals surface area contributed by atoms with E-state index in [1.807, 2.05) is 36.9 Å². The number of benzene rings is 1. The quantitative estimate of drug-likeness (QED) is 0.706. The summed E-state index contributed by atoms with van der Waals surface area (Å²) in [6, 6.07) is 9.13. The minimum Gasteiger partial charge on any atom is -0.481 e. The number of carbonyl (C=O) groups excluding carboxylic acids is 2. The van der Waals surface area contributed by atoms with Crippen LogP contribution in [0.5, 0.6) is 5.75 Å². The van der Waals surface area contributed by atoms with E-state index in [1.54, 1.807) is 19.1 Å². The Hall–Kier alpha value is -2.87. The van der Waals surface area contributed by atoms with Gasteiger partial charge in [0.05, 0.1) is 5.92 Å². The fraction of sp³-hybridized carbons (Fsp3) is 0.429. The van der Waals surface area contributed by atoms with Crippen LogP contribution in [-0.2, 0) is 9.59 Å². The van der Waals surface area contributed by atoms with E-state index in [9.17, 15) is 9.59 Å². The number of rotatable bonds is 5. The summed E-state index contributed by atoms with van der Waals surface area (Å²) in [4.78, 5) is 26.9. The molecule has 2 atom stereocenters. The number of carbonyl (C=O) groups is 2. The van der Waals surface area contributed by atoms with Crippen LogP contribution in [0.15, 0.2) is 30.3 Å². The molecule has 0 unspecified atom stereocenters. The Kier molecular flexibility index (Phi) is 7.10. The zero-order valence-electron chi connectivity index (χ0n) is 17.3. The number of amides is 2. The first kappa shape index (κ1) is 21.8. The Bertz CT molecular complexity index is 906. The maximum Gasteiger partial charge on any atom is 0.279 e. The smallest absolute Gasteiger partial charge is 0.279 e. The number of anilines is 1. The van der Waals surface area contributed by atoms with Crippen LogP contribution in [0.2, 0.25) is 5.15 Å². The third-order valence-electron chi connectivity index (χ3n) is 5.27. The molecule has 30 heavy (non-hydrogen) atoms. The van der Waals surface area contributed by atoms with Crippen molar-refractivity contribution in [1.29, 1.82) is 0 Å².